The number of halogens is 3. The Kier molecular flexibility index (Phi) is 2.74. The van der Waals surface area contributed by atoms with Crippen LogP contribution in [0.25, 0.3) is 11.3 Å². The number of nitrogens with zero attached hydrogens (tertiary/aromatic N) is 1. The number of hydrogen-bond donors (Lipinski definition) is 1. The second-order valence-electron chi connectivity index (χ2n) is 3.01. The third kappa shape index (κ3) is 1.83. The molecule has 1 N–H and O–H groups in total. The van der Waals surface area contributed by atoms with Crippen LogP contribution < -0.4 is 0 Å². The van der Waals surface area contributed by atoms with Crippen LogP contribution in [0.5, 0.6) is 0 Å². The minimum atomic E-state index is -1.24. The highest BCUT2D eigenvalue weighted by molar-refractivity contribution is 7.71. The lowest BCUT2D eigenvalue weighted by molar-refractivity contribution is 0.496. The lowest BCUT2D eigenvalue weighted by Crippen LogP contribution is -1.94. The third-order valence-electron chi connectivity index (χ3n) is 1.97. The van der Waals surface area contributed by atoms with Gasteiger partial charge in [-0.15, -0.1) is 0 Å². The minimum Gasteiger partial charge on any atom is -0.350 e. The van der Waals surface area contributed by atoms with Gasteiger partial charge in [-0.1, -0.05) is 12.2 Å². The van der Waals surface area contributed by atoms with Crippen molar-refractivity contribution >= 4 is 12.2 Å². The predicted molar refractivity (Wildman–Crippen MR) is 54.7 cm³/mol. The molecule has 1 aromatic carbocycles. The quantitative estimate of drug-likeness (QED) is 0.614. The molecule has 2 aromatic rings. The molecule has 0 aliphatic heterocycles. The van der Waals surface area contributed by atoms with Crippen molar-refractivity contribution < 1.29 is 13.2 Å². The van der Waals surface area contributed by atoms with Crippen LogP contribution in [-0.4, -0.2) is 9.97 Å². The van der Waals surface area contributed by atoms with Gasteiger partial charge in [0.15, 0.2) is 11.6 Å². The van der Waals surface area contributed by atoms with E-state index in [1.807, 2.05) is 0 Å². The maximum absolute atomic E-state index is 13.4. The average molecular weight is 242 g/mol. The molecule has 6 heteroatoms. The summed E-state index contributed by atoms with van der Waals surface area (Å²) in [5, 5.41) is 0. The van der Waals surface area contributed by atoms with Gasteiger partial charge in [0, 0.05) is 24.0 Å². The lowest BCUT2D eigenvalue weighted by atomic mass is 10.1. The molecular weight excluding hydrogens is 237 g/mol. The van der Waals surface area contributed by atoms with Gasteiger partial charge in [-0.2, -0.15) is 0 Å². The number of benzene rings is 1. The van der Waals surface area contributed by atoms with E-state index in [9.17, 15) is 13.2 Å². The largest absolute Gasteiger partial charge is 0.350 e. The summed E-state index contributed by atoms with van der Waals surface area (Å²) in [6, 6.07) is 1.20. The highest BCUT2D eigenvalue weighted by atomic mass is 32.1. The Hall–Kier alpha value is -1.69. The average Bonchev–Trinajstić information content (AvgIpc) is 2.25. The van der Waals surface area contributed by atoms with E-state index in [2.05, 4.69) is 9.97 Å². The van der Waals surface area contributed by atoms with Gasteiger partial charge in [0.25, 0.3) is 0 Å². The molecule has 0 bridgehead atoms. The van der Waals surface area contributed by atoms with Crippen LogP contribution >= 0.6 is 12.2 Å². The molecule has 0 amide bonds. The Balaban J connectivity index is 2.70. The fraction of sp³-hybridized carbons (Fsp3) is 0. The highest BCUT2D eigenvalue weighted by Crippen LogP contribution is 2.23. The van der Waals surface area contributed by atoms with Gasteiger partial charge in [-0.05, 0) is 6.07 Å². The Morgan fingerprint density at radius 3 is 2.44 bits per heavy atom. The van der Waals surface area contributed by atoms with E-state index >= 15 is 0 Å². The van der Waals surface area contributed by atoms with Crippen LogP contribution in [0.2, 0.25) is 0 Å². The maximum Gasteiger partial charge on any atom is 0.161 e. The first kappa shape index (κ1) is 10.8. The molecule has 0 radical (unpaired) electrons. The highest BCUT2D eigenvalue weighted by Gasteiger charge is 2.13. The molecule has 0 fully saturated rings. The molecule has 0 unspecified atom stereocenters. The van der Waals surface area contributed by atoms with Gasteiger partial charge in [-0.3, -0.25) is 4.98 Å². The van der Waals surface area contributed by atoms with Gasteiger partial charge in [0.05, 0.1) is 0 Å². The molecule has 0 aliphatic rings. The second-order valence-corrected chi connectivity index (χ2v) is 3.42. The van der Waals surface area contributed by atoms with Crippen LogP contribution in [-0.2, 0) is 0 Å². The van der Waals surface area contributed by atoms with Gasteiger partial charge >= 0.3 is 0 Å². The van der Waals surface area contributed by atoms with E-state index in [0.29, 0.717) is 6.07 Å². The SMILES string of the molecule is Fc1cc(F)c(-c2ncc[nH]c2=S)cc1F. The van der Waals surface area contributed by atoms with Crippen molar-refractivity contribution in [1.29, 1.82) is 0 Å². The number of hydrogen-bond acceptors (Lipinski definition) is 2. The van der Waals surface area contributed by atoms with Crippen molar-refractivity contribution in [2.24, 2.45) is 0 Å². The summed E-state index contributed by atoms with van der Waals surface area (Å²) < 4.78 is 39.2. The van der Waals surface area contributed by atoms with Crippen molar-refractivity contribution in [1.82, 2.24) is 9.97 Å². The van der Waals surface area contributed by atoms with Crippen molar-refractivity contribution in [2.75, 3.05) is 0 Å². The zero-order chi connectivity index (χ0) is 11.7. The van der Waals surface area contributed by atoms with Crippen molar-refractivity contribution in [3.05, 3.63) is 46.6 Å². The summed E-state index contributed by atoms with van der Waals surface area (Å²) in [6.45, 7) is 0. The van der Waals surface area contributed by atoms with E-state index < -0.39 is 17.5 Å². The molecule has 1 aromatic heterocycles. The number of rotatable bonds is 1. The maximum atomic E-state index is 13.4. The molecule has 2 rings (SSSR count). The summed E-state index contributed by atoms with van der Waals surface area (Å²) >= 11 is 4.87. The Morgan fingerprint density at radius 1 is 1.06 bits per heavy atom. The molecule has 1 heterocycles. The monoisotopic (exact) mass is 242 g/mol. The van der Waals surface area contributed by atoms with E-state index in [4.69, 9.17) is 12.2 Å². The summed E-state index contributed by atoms with van der Waals surface area (Å²) in [5.41, 5.74) is -0.0883. The third-order valence-corrected chi connectivity index (χ3v) is 2.28. The lowest BCUT2D eigenvalue weighted by Gasteiger charge is -2.03. The zero-order valence-corrected chi connectivity index (χ0v) is 8.62. The molecule has 0 aliphatic carbocycles. The minimum absolute atomic E-state index is 0.0777. The number of aromatic nitrogens is 2. The van der Waals surface area contributed by atoms with E-state index in [1.54, 1.807) is 0 Å². The molecule has 0 saturated carbocycles. The topological polar surface area (TPSA) is 28.7 Å². The van der Waals surface area contributed by atoms with Crippen molar-refractivity contribution in [2.45, 2.75) is 0 Å². The van der Waals surface area contributed by atoms with Crippen LogP contribution in [0.4, 0.5) is 13.2 Å². The Labute approximate surface area is 93.8 Å². The first-order valence-corrected chi connectivity index (χ1v) is 4.69. The van der Waals surface area contributed by atoms with Crippen LogP contribution in [0.15, 0.2) is 24.5 Å². The molecular formula is C10H5F3N2S. The molecule has 16 heavy (non-hydrogen) atoms. The molecule has 0 spiro atoms. The van der Waals surface area contributed by atoms with Crippen molar-refractivity contribution in [3.8, 4) is 11.3 Å². The molecule has 82 valence electrons. The normalized spacial score (nSPS) is 10.4. The smallest absolute Gasteiger partial charge is 0.161 e. The summed E-state index contributed by atoms with van der Waals surface area (Å²) in [7, 11) is 0. The predicted octanol–water partition coefficient (Wildman–Crippen LogP) is 3.22. The number of aromatic amines is 1. The van der Waals surface area contributed by atoms with Gasteiger partial charge in [0.1, 0.15) is 16.2 Å². The first-order valence-electron chi connectivity index (χ1n) is 4.28. The molecule has 0 saturated heterocycles. The van der Waals surface area contributed by atoms with E-state index in [0.717, 1.165) is 6.07 Å². The van der Waals surface area contributed by atoms with E-state index in [-0.39, 0.29) is 15.9 Å². The zero-order valence-electron chi connectivity index (χ0n) is 7.80. The fourth-order valence-electron chi connectivity index (χ4n) is 1.25. The summed E-state index contributed by atoms with van der Waals surface area (Å²) in [5.74, 6) is -3.29. The van der Waals surface area contributed by atoms with Crippen LogP contribution in [0, 0.1) is 22.1 Å². The van der Waals surface area contributed by atoms with E-state index in [1.165, 1.54) is 12.4 Å². The standard InChI is InChI=1S/C10H5F3N2S/c11-6-4-8(13)7(12)3-5(6)9-10(16)15-2-1-14-9/h1-4H,(H,15,16). The van der Waals surface area contributed by atoms with Crippen molar-refractivity contribution in [3.63, 3.8) is 0 Å². The summed E-state index contributed by atoms with van der Waals surface area (Å²) in [4.78, 5) is 6.44. The van der Waals surface area contributed by atoms with Crippen LogP contribution in [0.1, 0.15) is 0 Å². The molecule has 0 atom stereocenters. The second kappa shape index (κ2) is 4.05. The Morgan fingerprint density at radius 2 is 1.75 bits per heavy atom. The Bertz CT molecular complexity index is 595. The van der Waals surface area contributed by atoms with Gasteiger partial charge in [-0.25, -0.2) is 13.2 Å². The van der Waals surface area contributed by atoms with Crippen LogP contribution in [0.3, 0.4) is 0 Å². The number of nitrogens with one attached hydrogen (secondary N) is 1. The van der Waals surface area contributed by atoms with Gasteiger partial charge in [0.2, 0.25) is 0 Å². The molecule has 2 nitrogen and oxygen atoms in total. The number of H-pyrrole nitrogens is 1. The first-order chi connectivity index (χ1) is 7.59. The fourth-order valence-corrected chi connectivity index (χ4v) is 1.48. The van der Waals surface area contributed by atoms with Gasteiger partial charge < -0.3 is 4.98 Å². The summed E-state index contributed by atoms with van der Waals surface area (Å²) in [6.07, 6.45) is 2.81.